The molecule has 0 radical (unpaired) electrons. The lowest BCUT2D eigenvalue weighted by Crippen LogP contribution is -2.49. The molecule has 2 atom stereocenters. The lowest BCUT2D eigenvalue weighted by Gasteiger charge is -2.38. The van der Waals surface area contributed by atoms with Crippen molar-refractivity contribution < 1.29 is 4.79 Å². The molecule has 8 nitrogen and oxygen atoms in total. The van der Waals surface area contributed by atoms with Crippen molar-refractivity contribution in [3.8, 4) is 6.07 Å². The van der Waals surface area contributed by atoms with Crippen LogP contribution in [-0.2, 0) is 4.79 Å². The van der Waals surface area contributed by atoms with Crippen LogP contribution < -0.4 is 11.1 Å². The van der Waals surface area contributed by atoms with E-state index in [4.69, 9.17) is 16.4 Å². The maximum Gasteiger partial charge on any atom is 0.236 e. The molecule has 0 spiro atoms. The summed E-state index contributed by atoms with van der Waals surface area (Å²) in [6.07, 6.45) is 6.86. The molecule has 0 bridgehead atoms. The van der Waals surface area contributed by atoms with Crippen molar-refractivity contribution >= 4 is 34.4 Å². The molecule has 1 saturated heterocycles. The van der Waals surface area contributed by atoms with Crippen LogP contribution in [0.25, 0.3) is 16.6 Å². The number of H-pyrrole nitrogens is 1. The number of hydrogen-bond acceptors (Lipinski definition) is 6. The molecular weight excluding hydrogens is 342 g/mol. The Bertz CT molecular complexity index is 924. The number of allylic oxidation sites excluding steroid dienone is 1. The minimum absolute atomic E-state index is 0.0189. The minimum atomic E-state index is -0.139. The van der Waals surface area contributed by atoms with Crippen molar-refractivity contribution in [2.24, 2.45) is 11.7 Å². The van der Waals surface area contributed by atoms with Crippen LogP contribution >= 0.6 is 0 Å². The molecule has 2 aromatic rings. The first-order chi connectivity index (χ1) is 13.1. The second kappa shape index (κ2) is 7.91. The summed E-state index contributed by atoms with van der Waals surface area (Å²) < 4.78 is 0. The number of amides is 1. The summed E-state index contributed by atoms with van der Waals surface area (Å²) in [5.41, 5.74) is 8.59. The quantitative estimate of drug-likeness (QED) is 0.602. The number of carbonyl (C=O) groups is 1. The van der Waals surface area contributed by atoms with E-state index in [2.05, 4.69) is 22.2 Å². The van der Waals surface area contributed by atoms with Gasteiger partial charge in [0.25, 0.3) is 0 Å². The molecule has 27 heavy (non-hydrogen) atoms. The zero-order valence-corrected chi connectivity index (χ0v) is 15.2. The van der Waals surface area contributed by atoms with E-state index < -0.39 is 0 Å². The SMILES string of the molecule is C[C@@H]1CCN(C(=O)CC#N)C[C@@H]1Nc1c(/C(C=N)=C/N)cnc2[nH]ccc12. The molecule has 1 amide bonds. The molecule has 0 aliphatic carbocycles. The fourth-order valence-electron chi connectivity index (χ4n) is 3.45. The highest BCUT2D eigenvalue weighted by Gasteiger charge is 2.29. The number of aromatic amines is 1. The molecule has 1 aliphatic rings. The number of hydrogen-bond donors (Lipinski definition) is 4. The third-order valence-electron chi connectivity index (χ3n) is 5.10. The van der Waals surface area contributed by atoms with E-state index in [0.29, 0.717) is 24.6 Å². The van der Waals surface area contributed by atoms with Crippen molar-refractivity contribution in [3.05, 3.63) is 30.2 Å². The Morgan fingerprint density at radius 1 is 1.63 bits per heavy atom. The predicted octanol–water partition coefficient (Wildman–Crippen LogP) is 2.07. The maximum absolute atomic E-state index is 12.1. The van der Waals surface area contributed by atoms with Crippen molar-refractivity contribution in [1.82, 2.24) is 14.9 Å². The van der Waals surface area contributed by atoms with Gasteiger partial charge in [-0.3, -0.25) is 4.79 Å². The molecule has 3 rings (SSSR count). The Balaban J connectivity index is 1.96. The molecule has 5 N–H and O–H groups in total. The average molecular weight is 365 g/mol. The topological polar surface area (TPSA) is 135 Å². The molecular formula is C19H23N7O. The summed E-state index contributed by atoms with van der Waals surface area (Å²) in [6, 6.07) is 3.88. The van der Waals surface area contributed by atoms with Gasteiger partial charge >= 0.3 is 0 Å². The standard InChI is InChI=1S/C19H23N7O/c1-12-4-7-26(17(27)2-5-20)11-16(12)25-18-14-3-6-23-19(14)24-10-15(18)13(8-21)9-22/h3,6,8-10,12,16,21H,2,4,7,11,22H2,1H3,(H2,23,24,25)/b13-9+,21-8?/t12-,16+/m1/s1. The first-order valence-electron chi connectivity index (χ1n) is 8.89. The molecule has 0 unspecified atom stereocenters. The molecule has 140 valence electrons. The number of nitrogens with two attached hydrogens (primary N) is 1. The second-order valence-corrected chi connectivity index (χ2v) is 6.74. The zero-order valence-electron chi connectivity index (χ0n) is 15.2. The summed E-state index contributed by atoms with van der Waals surface area (Å²) >= 11 is 0. The minimum Gasteiger partial charge on any atom is -0.404 e. The Kier molecular flexibility index (Phi) is 5.41. The highest BCUT2D eigenvalue weighted by molar-refractivity contribution is 6.13. The van der Waals surface area contributed by atoms with Gasteiger partial charge in [-0.15, -0.1) is 0 Å². The van der Waals surface area contributed by atoms with Gasteiger partial charge in [0.2, 0.25) is 5.91 Å². The normalized spacial score (nSPS) is 20.3. The van der Waals surface area contributed by atoms with E-state index in [9.17, 15) is 4.79 Å². The number of nitriles is 1. The smallest absolute Gasteiger partial charge is 0.236 e. The number of carbonyl (C=O) groups excluding carboxylic acids is 1. The molecule has 0 aromatic carbocycles. The average Bonchev–Trinajstić information content (AvgIpc) is 3.15. The van der Waals surface area contributed by atoms with E-state index in [-0.39, 0.29) is 18.4 Å². The van der Waals surface area contributed by atoms with Crippen LogP contribution in [0.3, 0.4) is 0 Å². The summed E-state index contributed by atoms with van der Waals surface area (Å²) in [6.45, 7) is 3.34. The van der Waals surface area contributed by atoms with Crippen molar-refractivity contribution in [2.75, 3.05) is 18.4 Å². The van der Waals surface area contributed by atoms with Crippen LogP contribution in [0.5, 0.6) is 0 Å². The van der Waals surface area contributed by atoms with Gasteiger partial charge in [0.1, 0.15) is 12.1 Å². The highest BCUT2D eigenvalue weighted by Crippen LogP contribution is 2.32. The Morgan fingerprint density at radius 3 is 3.15 bits per heavy atom. The Morgan fingerprint density at radius 2 is 2.44 bits per heavy atom. The molecule has 1 aliphatic heterocycles. The van der Waals surface area contributed by atoms with Crippen LogP contribution in [0.15, 0.2) is 24.7 Å². The van der Waals surface area contributed by atoms with E-state index in [1.54, 1.807) is 11.1 Å². The van der Waals surface area contributed by atoms with E-state index in [1.807, 2.05) is 18.3 Å². The number of nitrogens with one attached hydrogen (secondary N) is 3. The second-order valence-electron chi connectivity index (χ2n) is 6.74. The summed E-state index contributed by atoms with van der Waals surface area (Å²) in [5, 5.41) is 20.9. The fourth-order valence-corrected chi connectivity index (χ4v) is 3.45. The number of likely N-dealkylation sites (tertiary alicyclic amines) is 1. The monoisotopic (exact) mass is 365 g/mol. The Hall–Kier alpha value is -3.34. The summed E-state index contributed by atoms with van der Waals surface area (Å²) in [7, 11) is 0. The van der Waals surface area contributed by atoms with Gasteiger partial charge < -0.3 is 26.3 Å². The number of rotatable bonds is 5. The molecule has 1 fully saturated rings. The van der Waals surface area contributed by atoms with Crippen molar-refractivity contribution in [1.29, 1.82) is 10.7 Å². The lowest BCUT2D eigenvalue weighted by molar-refractivity contribution is -0.131. The molecule has 2 aromatic heterocycles. The number of pyridine rings is 1. The van der Waals surface area contributed by atoms with Gasteiger partial charge in [0.05, 0.1) is 11.8 Å². The van der Waals surface area contributed by atoms with E-state index >= 15 is 0 Å². The summed E-state index contributed by atoms with van der Waals surface area (Å²) in [4.78, 5) is 21.4. The molecule has 0 saturated carbocycles. The number of piperidine rings is 1. The lowest BCUT2D eigenvalue weighted by atomic mass is 9.92. The van der Waals surface area contributed by atoms with Crippen molar-refractivity contribution in [2.45, 2.75) is 25.8 Å². The number of aromatic nitrogens is 2. The molecule has 3 heterocycles. The summed E-state index contributed by atoms with van der Waals surface area (Å²) in [5.74, 6) is 0.205. The first kappa shape index (κ1) is 18.5. The largest absolute Gasteiger partial charge is 0.404 e. The maximum atomic E-state index is 12.1. The van der Waals surface area contributed by atoms with Crippen LogP contribution in [0.1, 0.15) is 25.3 Å². The van der Waals surface area contributed by atoms with E-state index in [1.165, 1.54) is 12.4 Å². The van der Waals surface area contributed by atoms with Crippen molar-refractivity contribution in [3.63, 3.8) is 0 Å². The van der Waals surface area contributed by atoms with Crippen LogP contribution in [0, 0.1) is 22.7 Å². The van der Waals surface area contributed by atoms with Gasteiger partial charge in [-0.2, -0.15) is 5.26 Å². The molecule has 8 heteroatoms. The third kappa shape index (κ3) is 3.62. The van der Waals surface area contributed by atoms with Crippen LogP contribution in [0.2, 0.25) is 0 Å². The Labute approximate surface area is 157 Å². The van der Waals surface area contributed by atoms with Gasteiger partial charge in [-0.1, -0.05) is 6.92 Å². The van der Waals surface area contributed by atoms with E-state index in [0.717, 1.165) is 28.7 Å². The number of anilines is 1. The van der Waals surface area contributed by atoms with Gasteiger partial charge in [-0.05, 0) is 18.4 Å². The van der Waals surface area contributed by atoms with Gasteiger partial charge in [0.15, 0.2) is 0 Å². The zero-order chi connectivity index (χ0) is 19.4. The highest BCUT2D eigenvalue weighted by atomic mass is 16.2. The number of nitrogens with zero attached hydrogens (tertiary/aromatic N) is 3. The fraction of sp³-hybridized carbons (Fsp3) is 0.368. The van der Waals surface area contributed by atoms with Gasteiger partial charge in [0, 0.05) is 60.5 Å². The predicted molar refractivity (Wildman–Crippen MR) is 105 cm³/mol. The van der Waals surface area contributed by atoms with Crippen LogP contribution in [0.4, 0.5) is 5.69 Å². The van der Waals surface area contributed by atoms with Gasteiger partial charge in [-0.25, -0.2) is 4.98 Å². The number of fused-ring (bicyclic) bond motifs is 1. The third-order valence-corrected chi connectivity index (χ3v) is 5.10. The first-order valence-corrected chi connectivity index (χ1v) is 8.89. The van der Waals surface area contributed by atoms with Crippen LogP contribution in [-0.4, -0.2) is 46.1 Å².